The first-order chi connectivity index (χ1) is 14.5. The van der Waals surface area contributed by atoms with Gasteiger partial charge in [-0.25, -0.2) is 0 Å². The smallest absolute Gasteiger partial charge is 0.0659 e. The molecule has 1 aliphatic heterocycles. The molecule has 1 saturated carbocycles. The lowest BCUT2D eigenvalue weighted by molar-refractivity contribution is 0.00120. The zero-order valence-electron chi connectivity index (χ0n) is 19.0. The van der Waals surface area contributed by atoms with E-state index in [4.69, 9.17) is 0 Å². The maximum atomic E-state index is 10.9. The van der Waals surface area contributed by atoms with Crippen LogP contribution in [0.4, 0.5) is 5.69 Å². The molecule has 5 atom stereocenters. The summed E-state index contributed by atoms with van der Waals surface area (Å²) in [4.78, 5) is 2.55. The summed E-state index contributed by atoms with van der Waals surface area (Å²) < 4.78 is 0. The van der Waals surface area contributed by atoms with Crippen molar-refractivity contribution in [3.63, 3.8) is 0 Å². The Kier molecular flexibility index (Phi) is 7.83. The Hall–Kier alpha value is -1.99. The fraction of sp³-hybridized carbons (Fsp3) is 0.654. The van der Waals surface area contributed by atoms with Gasteiger partial charge in [-0.2, -0.15) is 5.26 Å². The van der Waals surface area contributed by atoms with Crippen molar-refractivity contribution in [1.82, 2.24) is 5.32 Å². The molecule has 1 aliphatic carbocycles. The van der Waals surface area contributed by atoms with Crippen LogP contribution < -0.4 is 10.2 Å². The van der Waals surface area contributed by atoms with Gasteiger partial charge in [0.25, 0.3) is 0 Å². The van der Waals surface area contributed by atoms with Gasteiger partial charge < -0.3 is 15.3 Å². The van der Waals surface area contributed by atoms with E-state index in [9.17, 15) is 10.4 Å². The fourth-order valence-corrected chi connectivity index (χ4v) is 5.07. The molecule has 2 N–H and O–H groups in total. The summed E-state index contributed by atoms with van der Waals surface area (Å²) in [6.45, 7) is 10.5. The molecule has 3 rings (SSSR count). The van der Waals surface area contributed by atoms with E-state index < -0.39 is 0 Å². The van der Waals surface area contributed by atoms with Crippen LogP contribution in [0, 0.1) is 35.0 Å². The number of rotatable bonds is 9. The molecule has 1 aromatic carbocycles. The standard InChI is InChI=1S/C26H39N3O/c1-5-18(2)23(16-27)15-26(30)24-12-11-22(24)17-29-13-7-6-8-20-9-10-21(14-25(20)29)19(3)28-4/h9-10,14,18,22-24,26,28,30H,3,5-8,11-13,15,17H2,1-2,4H3. The zero-order valence-corrected chi connectivity index (χ0v) is 19.0. The number of nitrogens with one attached hydrogen (secondary N) is 1. The minimum absolute atomic E-state index is 0.0414. The van der Waals surface area contributed by atoms with Crippen LogP contribution >= 0.6 is 0 Å². The van der Waals surface area contributed by atoms with Gasteiger partial charge in [-0.05, 0) is 73.5 Å². The first kappa shape index (κ1) is 22.7. The Morgan fingerprint density at radius 1 is 1.37 bits per heavy atom. The van der Waals surface area contributed by atoms with Crippen molar-refractivity contribution >= 4 is 11.4 Å². The van der Waals surface area contributed by atoms with Crippen LogP contribution in [0.15, 0.2) is 24.8 Å². The highest BCUT2D eigenvalue weighted by atomic mass is 16.3. The van der Waals surface area contributed by atoms with Crippen LogP contribution in [0.5, 0.6) is 0 Å². The van der Waals surface area contributed by atoms with Crippen LogP contribution in [-0.2, 0) is 6.42 Å². The lowest BCUT2D eigenvalue weighted by Crippen LogP contribution is -2.44. The molecule has 0 aromatic heterocycles. The molecule has 0 spiro atoms. The van der Waals surface area contributed by atoms with Crippen molar-refractivity contribution in [2.24, 2.45) is 23.7 Å². The third-order valence-electron chi connectivity index (χ3n) is 7.62. The second kappa shape index (κ2) is 10.4. The summed E-state index contributed by atoms with van der Waals surface area (Å²) in [5.74, 6) is 1.14. The molecule has 30 heavy (non-hydrogen) atoms. The molecule has 0 radical (unpaired) electrons. The van der Waals surface area contributed by atoms with Gasteiger partial charge in [0.15, 0.2) is 0 Å². The Labute approximate surface area is 183 Å². The second-order valence-corrected chi connectivity index (χ2v) is 9.40. The number of benzene rings is 1. The second-order valence-electron chi connectivity index (χ2n) is 9.40. The lowest BCUT2D eigenvalue weighted by atomic mass is 9.68. The highest BCUT2D eigenvalue weighted by Gasteiger charge is 2.38. The van der Waals surface area contributed by atoms with E-state index in [0.717, 1.165) is 43.6 Å². The van der Waals surface area contributed by atoms with Gasteiger partial charge in [0, 0.05) is 31.5 Å². The van der Waals surface area contributed by atoms with E-state index in [1.807, 2.05) is 7.05 Å². The SMILES string of the molecule is C=C(NC)c1ccc2c(c1)N(CC1CCC1C(O)CC(C#N)C(C)CC)CCCC2. The van der Waals surface area contributed by atoms with Gasteiger partial charge in [-0.3, -0.25) is 0 Å². The van der Waals surface area contributed by atoms with Gasteiger partial charge in [-0.15, -0.1) is 0 Å². The van der Waals surface area contributed by atoms with Crippen molar-refractivity contribution in [2.75, 3.05) is 25.0 Å². The topological polar surface area (TPSA) is 59.3 Å². The van der Waals surface area contributed by atoms with Gasteiger partial charge in [0.2, 0.25) is 0 Å². The van der Waals surface area contributed by atoms with Crippen molar-refractivity contribution < 1.29 is 5.11 Å². The molecule has 1 heterocycles. The van der Waals surface area contributed by atoms with Gasteiger partial charge in [0.1, 0.15) is 0 Å². The van der Waals surface area contributed by atoms with Crippen LogP contribution in [0.3, 0.4) is 0 Å². The molecule has 164 valence electrons. The third kappa shape index (κ3) is 5.01. The number of fused-ring (bicyclic) bond motifs is 1. The normalized spacial score (nSPS) is 23.9. The number of hydrogen-bond acceptors (Lipinski definition) is 4. The molecular weight excluding hydrogens is 370 g/mol. The maximum absolute atomic E-state index is 10.9. The number of hydrogen-bond donors (Lipinski definition) is 2. The predicted octanol–water partition coefficient (Wildman–Crippen LogP) is 4.98. The van der Waals surface area contributed by atoms with Crippen LogP contribution in [0.2, 0.25) is 0 Å². The monoisotopic (exact) mass is 409 g/mol. The van der Waals surface area contributed by atoms with E-state index >= 15 is 0 Å². The molecule has 4 heteroatoms. The van der Waals surface area contributed by atoms with Crippen molar-refractivity contribution in [3.05, 3.63) is 35.9 Å². The molecule has 1 aromatic rings. The summed E-state index contributed by atoms with van der Waals surface area (Å²) in [6.07, 6.45) is 7.09. The van der Waals surface area contributed by atoms with E-state index in [-0.39, 0.29) is 12.0 Å². The number of anilines is 1. The summed E-state index contributed by atoms with van der Waals surface area (Å²) in [7, 11) is 1.92. The highest BCUT2D eigenvalue weighted by molar-refractivity contribution is 5.68. The Balaban J connectivity index is 1.70. The van der Waals surface area contributed by atoms with E-state index in [2.05, 4.69) is 54.9 Å². The van der Waals surface area contributed by atoms with Crippen LogP contribution in [0.25, 0.3) is 5.70 Å². The third-order valence-corrected chi connectivity index (χ3v) is 7.62. The average Bonchev–Trinajstić information content (AvgIpc) is 2.95. The molecule has 0 saturated heterocycles. The summed E-state index contributed by atoms with van der Waals surface area (Å²) in [5.41, 5.74) is 4.87. The van der Waals surface area contributed by atoms with Gasteiger partial charge >= 0.3 is 0 Å². The molecule has 2 aliphatic rings. The first-order valence-corrected chi connectivity index (χ1v) is 11.8. The molecule has 0 bridgehead atoms. The Morgan fingerprint density at radius 2 is 2.17 bits per heavy atom. The molecular formula is C26H39N3O. The van der Waals surface area contributed by atoms with Crippen LogP contribution in [-0.4, -0.2) is 31.3 Å². The summed E-state index contributed by atoms with van der Waals surface area (Å²) >= 11 is 0. The quantitative estimate of drug-likeness (QED) is 0.604. The number of aliphatic hydroxyl groups excluding tert-OH is 1. The van der Waals surface area contributed by atoms with Crippen LogP contribution in [0.1, 0.15) is 63.5 Å². The number of nitrogens with zero attached hydrogens (tertiary/aromatic N) is 2. The first-order valence-electron chi connectivity index (χ1n) is 11.8. The number of aryl methyl sites for hydroxylation is 1. The van der Waals surface area contributed by atoms with Crippen molar-refractivity contribution in [2.45, 2.75) is 64.9 Å². The van der Waals surface area contributed by atoms with Crippen molar-refractivity contribution in [1.29, 1.82) is 5.26 Å². The minimum atomic E-state index is -0.357. The number of nitriles is 1. The molecule has 5 unspecified atom stereocenters. The lowest BCUT2D eigenvalue weighted by Gasteiger charge is -2.43. The van der Waals surface area contributed by atoms with Gasteiger partial charge in [0.05, 0.1) is 18.1 Å². The van der Waals surface area contributed by atoms with Gasteiger partial charge in [-0.1, -0.05) is 39.0 Å². The Morgan fingerprint density at radius 3 is 2.80 bits per heavy atom. The molecule has 4 nitrogen and oxygen atoms in total. The molecule has 1 fully saturated rings. The minimum Gasteiger partial charge on any atom is -0.393 e. The maximum Gasteiger partial charge on any atom is 0.0659 e. The zero-order chi connectivity index (χ0) is 21.7. The summed E-state index contributed by atoms with van der Waals surface area (Å²) in [5, 5.41) is 23.6. The Bertz CT molecular complexity index is 768. The average molecular weight is 410 g/mol. The van der Waals surface area contributed by atoms with E-state index in [1.165, 1.54) is 30.5 Å². The van der Waals surface area contributed by atoms with E-state index in [1.54, 1.807) is 0 Å². The largest absolute Gasteiger partial charge is 0.393 e. The van der Waals surface area contributed by atoms with E-state index in [0.29, 0.717) is 24.2 Å². The highest BCUT2D eigenvalue weighted by Crippen LogP contribution is 2.41. The number of aliphatic hydroxyl groups is 1. The molecule has 0 amide bonds. The van der Waals surface area contributed by atoms with Crippen molar-refractivity contribution in [3.8, 4) is 6.07 Å². The predicted molar refractivity (Wildman–Crippen MR) is 125 cm³/mol. The summed E-state index contributed by atoms with van der Waals surface area (Å²) in [6, 6.07) is 9.17. The fourth-order valence-electron chi connectivity index (χ4n) is 5.07.